The molecular formula is C13H15FN2O4. The third-order valence-corrected chi connectivity index (χ3v) is 3.28. The van der Waals surface area contributed by atoms with Gasteiger partial charge in [0.25, 0.3) is 5.91 Å². The number of rotatable bonds is 4. The molecule has 1 aromatic rings. The van der Waals surface area contributed by atoms with Crippen molar-refractivity contribution in [2.24, 2.45) is 0 Å². The smallest absolute Gasteiger partial charge is 0.305 e. The second-order valence-electron chi connectivity index (χ2n) is 4.78. The summed E-state index contributed by atoms with van der Waals surface area (Å²) >= 11 is 0. The minimum Gasteiger partial charge on any atom is -0.481 e. The zero-order valence-electron chi connectivity index (χ0n) is 10.8. The van der Waals surface area contributed by atoms with Crippen LogP contribution in [0.5, 0.6) is 0 Å². The maximum atomic E-state index is 12.8. The lowest BCUT2D eigenvalue weighted by molar-refractivity contribution is -0.139. The van der Waals surface area contributed by atoms with E-state index in [2.05, 4.69) is 10.3 Å². The van der Waals surface area contributed by atoms with Gasteiger partial charge < -0.3 is 15.2 Å². The second-order valence-corrected chi connectivity index (χ2v) is 4.78. The summed E-state index contributed by atoms with van der Waals surface area (Å²) in [6.07, 6.45) is 1.62. The molecule has 6 nitrogen and oxygen atoms in total. The molecule has 1 aliphatic rings. The van der Waals surface area contributed by atoms with Crippen LogP contribution in [-0.2, 0) is 9.53 Å². The number of hydrogen-bond donors (Lipinski definition) is 2. The maximum Gasteiger partial charge on any atom is 0.305 e. The van der Waals surface area contributed by atoms with Gasteiger partial charge in [0.05, 0.1) is 18.2 Å². The first-order chi connectivity index (χ1) is 9.51. The van der Waals surface area contributed by atoms with Crippen molar-refractivity contribution in [1.29, 1.82) is 0 Å². The molecule has 0 unspecified atom stereocenters. The summed E-state index contributed by atoms with van der Waals surface area (Å²) in [6.45, 7) is 0.787. The van der Waals surface area contributed by atoms with Crippen molar-refractivity contribution in [2.75, 3.05) is 13.2 Å². The summed E-state index contributed by atoms with van der Waals surface area (Å²) in [5.74, 6) is -2.03. The van der Waals surface area contributed by atoms with E-state index in [1.165, 1.54) is 6.07 Å². The quantitative estimate of drug-likeness (QED) is 0.859. The summed E-state index contributed by atoms with van der Waals surface area (Å²) < 4.78 is 18.0. The third-order valence-electron chi connectivity index (χ3n) is 3.28. The maximum absolute atomic E-state index is 12.8. The summed E-state index contributed by atoms with van der Waals surface area (Å²) in [7, 11) is 0. The van der Waals surface area contributed by atoms with Crippen LogP contribution in [0.15, 0.2) is 18.3 Å². The average Bonchev–Trinajstić information content (AvgIpc) is 2.39. The van der Waals surface area contributed by atoms with Gasteiger partial charge in [0, 0.05) is 13.2 Å². The number of pyridine rings is 1. The summed E-state index contributed by atoms with van der Waals surface area (Å²) in [5, 5.41) is 11.7. The van der Waals surface area contributed by atoms with Crippen molar-refractivity contribution >= 4 is 11.9 Å². The summed E-state index contributed by atoms with van der Waals surface area (Å²) in [4.78, 5) is 26.7. The molecule has 1 aromatic heterocycles. The summed E-state index contributed by atoms with van der Waals surface area (Å²) in [5.41, 5.74) is -0.778. The topological polar surface area (TPSA) is 88.5 Å². The lowest BCUT2D eigenvalue weighted by Gasteiger charge is -2.36. The number of carboxylic acid groups (broad SMARTS) is 1. The van der Waals surface area contributed by atoms with Gasteiger partial charge in [-0.05, 0) is 25.0 Å². The van der Waals surface area contributed by atoms with Crippen LogP contribution < -0.4 is 5.32 Å². The molecule has 0 aliphatic carbocycles. The van der Waals surface area contributed by atoms with Gasteiger partial charge in [-0.2, -0.15) is 0 Å². The van der Waals surface area contributed by atoms with Crippen LogP contribution in [0.2, 0.25) is 0 Å². The lowest BCUT2D eigenvalue weighted by Crippen LogP contribution is -2.53. The highest BCUT2D eigenvalue weighted by molar-refractivity contribution is 5.93. The largest absolute Gasteiger partial charge is 0.481 e. The molecule has 0 bridgehead atoms. The zero-order valence-corrected chi connectivity index (χ0v) is 10.8. The molecule has 7 heteroatoms. The molecule has 1 aliphatic heterocycles. The van der Waals surface area contributed by atoms with Gasteiger partial charge in [-0.25, -0.2) is 9.37 Å². The van der Waals surface area contributed by atoms with Crippen molar-refractivity contribution in [3.8, 4) is 0 Å². The van der Waals surface area contributed by atoms with Crippen molar-refractivity contribution in [3.05, 3.63) is 29.8 Å². The third kappa shape index (κ3) is 3.51. The van der Waals surface area contributed by atoms with E-state index < -0.39 is 23.2 Å². The van der Waals surface area contributed by atoms with E-state index in [9.17, 15) is 14.0 Å². The van der Waals surface area contributed by atoms with E-state index in [4.69, 9.17) is 9.84 Å². The van der Waals surface area contributed by atoms with Crippen LogP contribution in [0, 0.1) is 5.82 Å². The van der Waals surface area contributed by atoms with Crippen molar-refractivity contribution in [2.45, 2.75) is 24.8 Å². The number of nitrogens with one attached hydrogen (secondary N) is 1. The first-order valence-corrected chi connectivity index (χ1v) is 6.24. The molecule has 2 rings (SSSR count). The molecule has 0 aromatic carbocycles. The molecule has 1 amide bonds. The molecule has 0 radical (unpaired) electrons. The van der Waals surface area contributed by atoms with Gasteiger partial charge in [-0.1, -0.05) is 0 Å². The number of nitrogens with zero attached hydrogens (tertiary/aromatic N) is 1. The van der Waals surface area contributed by atoms with Crippen LogP contribution in [0.1, 0.15) is 29.8 Å². The van der Waals surface area contributed by atoms with Gasteiger partial charge >= 0.3 is 5.97 Å². The molecule has 108 valence electrons. The molecule has 0 saturated carbocycles. The number of carboxylic acids is 1. The molecule has 0 atom stereocenters. The van der Waals surface area contributed by atoms with Gasteiger partial charge in [0.1, 0.15) is 11.5 Å². The van der Waals surface area contributed by atoms with Gasteiger partial charge in [0.15, 0.2) is 0 Å². The van der Waals surface area contributed by atoms with Gasteiger partial charge in [-0.3, -0.25) is 9.59 Å². The SMILES string of the molecule is O=C(O)CC1(NC(=O)c2ccc(F)cn2)CCOCC1. The Kier molecular flexibility index (Phi) is 4.29. The first kappa shape index (κ1) is 14.4. The summed E-state index contributed by atoms with van der Waals surface area (Å²) in [6, 6.07) is 2.40. The normalized spacial score (nSPS) is 17.4. The van der Waals surface area contributed by atoms with E-state index in [1.54, 1.807) is 0 Å². The number of aromatic nitrogens is 1. The van der Waals surface area contributed by atoms with Crippen LogP contribution >= 0.6 is 0 Å². The van der Waals surface area contributed by atoms with Crippen LogP contribution in [-0.4, -0.2) is 40.7 Å². The Labute approximate surface area is 115 Å². The monoisotopic (exact) mass is 282 g/mol. The number of carbonyl (C=O) groups is 2. The standard InChI is InChI=1S/C13H15FN2O4/c14-9-1-2-10(15-8-9)12(19)16-13(7-11(17)18)3-5-20-6-4-13/h1-2,8H,3-7H2,(H,16,19)(H,17,18). The fourth-order valence-corrected chi connectivity index (χ4v) is 2.21. The van der Waals surface area contributed by atoms with Crippen molar-refractivity contribution in [3.63, 3.8) is 0 Å². The minimum absolute atomic E-state index is 0.0580. The van der Waals surface area contributed by atoms with Crippen LogP contribution in [0.25, 0.3) is 0 Å². The highest BCUT2D eigenvalue weighted by Gasteiger charge is 2.36. The zero-order chi connectivity index (χ0) is 14.6. The number of carbonyl (C=O) groups excluding carboxylic acids is 1. The number of ether oxygens (including phenoxy) is 1. The van der Waals surface area contributed by atoms with E-state index in [-0.39, 0.29) is 12.1 Å². The molecule has 2 heterocycles. The number of hydrogen-bond acceptors (Lipinski definition) is 4. The van der Waals surface area contributed by atoms with Crippen molar-refractivity contribution < 1.29 is 23.8 Å². The number of halogens is 1. The lowest BCUT2D eigenvalue weighted by atomic mass is 9.86. The molecule has 20 heavy (non-hydrogen) atoms. The van der Waals surface area contributed by atoms with Crippen molar-refractivity contribution in [1.82, 2.24) is 10.3 Å². The Hall–Kier alpha value is -2.02. The average molecular weight is 282 g/mol. The fraction of sp³-hybridized carbons (Fsp3) is 0.462. The second kappa shape index (κ2) is 5.96. The first-order valence-electron chi connectivity index (χ1n) is 6.24. The molecule has 1 saturated heterocycles. The number of amides is 1. The number of aliphatic carboxylic acids is 1. The van der Waals surface area contributed by atoms with Crippen LogP contribution in [0.3, 0.4) is 0 Å². The van der Waals surface area contributed by atoms with Gasteiger partial charge in [0.2, 0.25) is 0 Å². The molecule has 2 N–H and O–H groups in total. The minimum atomic E-state index is -0.987. The predicted molar refractivity (Wildman–Crippen MR) is 66.7 cm³/mol. The molecule has 0 spiro atoms. The highest BCUT2D eigenvalue weighted by atomic mass is 19.1. The Bertz CT molecular complexity index is 498. The fourth-order valence-electron chi connectivity index (χ4n) is 2.21. The van der Waals surface area contributed by atoms with E-state index in [0.717, 1.165) is 12.3 Å². The van der Waals surface area contributed by atoms with Gasteiger partial charge in [-0.15, -0.1) is 0 Å². The van der Waals surface area contributed by atoms with Crippen LogP contribution in [0.4, 0.5) is 4.39 Å². The molecular weight excluding hydrogens is 267 g/mol. The Morgan fingerprint density at radius 1 is 1.40 bits per heavy atom. The van der Waals surface area contributed by atoms with E-state index >= 15 is 0 Å². The van der Waals surface area contributed by atoms with E-state index in [1.807, 2.05) is 0 Å². The Morgan fingerprint density at radius 3 is 2.65 bits per heavy atom. The van der Waals surface area contributed by atoms with E-state index in [0.29, 0.717) is 26.1 Å². The predicted octanol–water partition coefficient (Wildman–Crippen LogP) is 0.974. The Morgan fingerprint density at radius 2 is 2.10 bits per heavy atom. The molecule has 1 fully saturated rings. The Balaban J connectivity index is 2.12. The highest BCUT2D eigenvalue weighted by Crippen LogP contribution is 2.25.